The summed E-state index contributed by atoms with van der Waals surface area (Å²) in [5.74, 6) is 4.56. The van der Waals surface area contributed by atoms with Crippen molar-refractivity contribution in [1.29, 1.82) is 0 Å². The molecule has 2 heteroatoms. The van der Waals surface area contributed by atoms with Gasteiger partial charge < -0.3 is 4.74 Å². The number of allylic oxidation sites excluding steroid dienone is 1. The minimum Gasteiger partial charge on any atom is -0.490 e. The van der Waals surface area contributed by atoms with E-state index in [2.05, 4.69) is 18.4 Å². The molecule has 0 saturated carbocycles. The Morgan fingerprint density at radius 2 is 2.30 bits per heavy atom. The van der Waals surface area contributed by atoms with Crippen LogP contribution in [0.4, 0.5) is 0 Å². The van der Waals surface area contributed by atoms with Gasteiger partial charge in [-0.05, 0) is 19.8 Å². The molecule has 0 aliphatic heterocycles. The summed E-state index contributed by atoms with van der Waals surface area (Å²) < 4.78 is 4.81. The van der Waals surface area contributed by atoms with Crippen LogP contribution in [-0.2, 0) is 9.53 Å². The SMILES string of the molecule is C=C(OCC)C(=O)C#CC. The molecule has 0 spiro atoms. The standard InChI is InChI=1S/C8H10O2/c1-4-6-8(9)7(3)10-5-2/h3,5H2,1-2H3. The zero-order valence-corrected chi connectivity index (χ0v) is 6.23. The molecule has 0 aromatic carbocycles. The smallest absolute Gasteiger partial charge is 0.269 e. The molecule has 0 aromatic rings. The summed E-state index contributed by atoms with van der Waals surface area (Å²) in [5.41, 5.74) is 0. The van der Waals surface area contributed by atoms with Gasteiger partial charge in [0.25, 0.3) is 5.78 Å². The maximum Gasteiger partial charge on any atom is 0.269 e. The fourth-order valence-electron chi connectivity index (χ4n) is 0.423. The van der Waals surface area contributed by atoms with Gasteiger partial charge in [0, 0.05) is 0 Å². The summed E-state index contributed by atoms with van der Waals surface area (Å²) in [4.78, 5) is 10.7. The molecule has 0 aliphatic carbocycles. The third-order valence-electron chi connectivity index (χ3n) is 0.810. The van der Waals surface area contributed by atoms with Gasteiger partial charge in [-0.1, -0.05) is 12.5 Å². The van der Waals surface area contributed by atoms with Crippen molar-refractivity contribution in [3.05, 3.63) is 12.3 Å². The maximum absolute atomic E-state index is 10.7. The van der Waals surface area contributed by atoms with Gasteiger partial charge in [-0.25, -0.2) is 0 Å². The predicted molar refractivity (Wildman–Crippen MR) is 39.2 cm³/mol. The Kier molecular flexibility index (Phi) is 4.06. The Bertz CT molecular complexity index is 193. The molecule has 0 rings (SSSR count). The van der Waals surface area contributed by atoms with Crippen LogP contribution in [0.5, 0.6) is 0 Å². The molecule has 54 valence electrons. The molecule has 0 bridgehead atoms. The Morgan fingerprint density at radius 3 is 2.70 bits per heavy atom. The second-order valence-corrected chi connectivity index (χ2v) is 1.56. The van der Waals surface area contributed by atoms with Crippen LogP contribution in [0.3, 0.4) is 0 Å². The van der Waals surface area contributed by atoms with E-state index < -0.39 is 0 Å². The Hall–Kier alpha value is -1.23. The molecular weight excluding hydrogens is 128 g/mol. The van der Waals surface area contributed by atoms with Crippen molar-refractivity contribution in [3.63, 3.8) is 0 Å². The summed E-state index contributed by atoms with van der Waals surface area (Å²) >= 11 is 0. The highest BCUT2D eigenvalue weighted by Crippen LogP contribution is 1.92. The molecule has 0 atom stereocenters. The summed E-state index contributed by atoms with van der Waals surface area (Å²) in [6, 6.07) is 0. The van der Waals surface area contributed by atoms with Crippen LogP contribution >= 0.6 is 0 Å². The van der Waals surface area contributed by atoms with Crippen molar-refractivity contribution in [3.8, 4) is 11.8 Å². The second kappa shape index (κ2) is 4.63. The summed E-state index contributed by atoms with van der Waals surface area (Å²) in [7, 11) is 0. The van der Waals surface area contributed by atoms with Crippen LogP contribution < -0.4 is 0 Å². The van der Waals surface area contributed by atoms with Crippen LogP contribution in [-0.4, -0.2) is 12.4 Å². The molecule has 0 heterocycles. The molecular formula is C8H10O2. The highest BCUT2D eigenvalue weighted by atomic mass is 16.5. The van der Waals surface area contributed by atoms with Crippen LogP contribution in [0.15, 0.2) is 12.3 Å². The van der Waals surface area contributed by atoms with Gasteiger partial charge >= 0.3 is 0 Å². The van der Waals surface area contributed by atoms with E-state index in [9.17, 15) is 4.79 Å². The van der Waals surface area contributed by atoms with Crippen LogP contribution in [0.2, 0.25) is 0 Å². The van der Waals surface area contributed by atoms with Gasteiger partial charge in [-0.3, -0.25) is 4.79 Å². The number of hydrogen-bond acceptors (Lipinski definition) is 2. The van der Waals surface area contributed by atoms with E-state index in [-0.39, 0.29) is 11.5 Å². The van der Waals surface area contributed by atoms with Gasteiger partial charge in [-0.15, -0.1) is 0 Å². The molecule has 0 saturated heterocycles. The summed E-state index contributed by atoms with van der Waals surface area (Å²) in [5, 5.41) is 0. The van der Waals surface area contributed by atoms with Gasteiger partial charge in [-0.2, -0.15) is 0 Å². The topological polar surface area (TPSA) is 26.3 Å². The van der Waals surface area contributed by atoms with Gasteiger partial charge in [0.1, 0.15) is 0 Å². The average molecular weight is 138 g/mol. The van der Waals surface area contributed by atoms with E-state index in [1.807, 2.05) is 0 Å². The van der Waals surface area contributed by atoms with Crippen molar-refractivity contribution in [1.82, 2.24) is 0 Å². The van der Waals surface area contributed by atoms with E-state index in [1.165, 1.54) is 0 Å². The first-order chi connectivity index (χ1) is 4.72. The fraction of sp³-hybridized carbons (Fsp3) is 0.375. The molecule has 0 radical (unpaired) electrons. The molecule has 0 aliphatic rings. The van der Waals surface area contributed by atoms with Crippen molar-refractivity contribution in [2.24, 2.45) is 0 Å². The average Bonchev–Trinajstić information content (AvgIpc) is 1.89. The lowest BCUT2D eigenvalue weighted by Gasteiger charge is -1.98. The van der Waals surface area contributed by atoms with Crippen molar-refractivity contribution >= 4 is 5.78 Å². The third kappa shape index (κ3) is 2.93. The Balaban J connectivity index is 3.92. The quantitative estimate of drug-likeness (QED) is 0.253. The maximum atomic E-state index is 10.7. The van der Waals surface area contributed by atoms with Crippen molar-refractivity contribution < 1.29 is 9.53 Å². The zero-order valence-electron chi connectivity index (χ0n) is 6.23. The van der Waals surface area contributed by atoms with Gasteiger partial charge in [0.15, 0.2) is 5.76 Å². The molecule has 2 nitrogen and oxygen atoms in total. The lowest BCUT2D eigenvalue weighted by molar-refractivity contribution is -0.113. The number of rotatable bonds is 3. The van der Waals surface area contributed by atoms with E-state index in [0.717, 1.165) is 0 Å². The number of ketones is 1. The van der Waals surface area contributed by atoms with Crippen molar-refractivity contribution in [2.45, 2.75) is 13.8 Å². The molecule has 0 unspecified atom stereocenters. The molecule has 0 amide bonds. The second-order valence-electron chi connectivity index (χ2n) is 1.56. The van der Waals surface area contributed by atoms with Gasteiger partial charge in [0.2, 0.25) is 0 Å². The first-order valence-corrected chi connectivity index (χ1v) is 3.01. The van der Waals surface area contributed by atoms with E-state index in [0.29, 0.717) is 6.61 Å². The first-order valence-electron chi connectivity index (χ1n) is 3.01. The van der Waals surface area contributed by atoms with Crippen LogP contribution in [0, 0.1) is 11.8 Å². The molecule has 0 aromatic heterocycles. The van der Waals surface area contributed by atoms with Crippen LogP contribution in [0.1, 0.15) is 13.8 Å². The van der Waals surface area contributed by atoms with E-state index >= 15 is 0 Å². The fourth-order valence-corrected chi connectivity index (χ4v) is 0.423. The number of carbonyl (C=O) groups is 1. The van der Waals surface area contributed by atoms with Crippen molar-refractivity contribution in [2.75, 3.05) is 6.61 Å². The monoisotopic (exact) mass is 138 g/mol. The number of Topliss-reactive ketones (excluding diaryl/α,β-unsaturated/α-hetero) is 1. The molecule has 0 fully saturated rings. The molecule has 10 heavy (non-hydrogen) atoms. The highest BCUT2D eigenvalue weighted by Gasteiger charge is 2.01. The minimum absolute atomic E-state index is 0.122. The Labute approximate surface area is 60.9 Å². The number of carbonyl (C=O) groups excluding carboxylic acids is 1. The predicted octanol–water partition coefficient (Wildman–Crippen LogP) is 1.13. The summed E-state index contributed by atoms with van der Waals surface area (Å²) in [6.07, 6.45) is 0. The minimum atomic E-state index is -0.343. The Morgan fingerprint density at radius 1 is 1.70 bits per heavy atom. The third-order valence-corrected chi connectivity index (χ3v) is 0.810. The lowest BCUT2D eigenvalue weighted by Crippen LogP contribution is -2.01. The summed E-state index contributed by atoms with van der Waals surface area (Å²) in [6.45, 7) is 7.23. The normalized spacial score (nSPS) is 7.40. The number of hydrogen-bond donors (Lipinski definition) is 0. The van der Waals surface area contributed by atoms with E-state index in [1.54, 1.807) is 13.8 Å². The zero-order chi connectivity index (χ0) is 7.98. The highest BCUT2D eigenvalue weighted by molar-refractivity contribution is 6.06. The largest absolute Gasteiger partial charge is 0.490 e. The first kappa shape index (κ1) is 8.77. The van der Waals surface area contributed by atoms with Gasteiger partial charge in [0.05, 0.1) is 6.61 Å². The lowest BCUT2D eigenvalue weighted by atomic mass is 10.3. The number of ether oxygens (including phenoxy) is 1. The van der Waals surface area contributed by atoms with E-state index in [4.69, 9.17) is 4.74 Å². The van der Waals surface area contributed by atoms with Crippen LogP contribution in [0.25, 0.3) is 0 Å². The molecule has 0 N–H and O–H groups in total.